The lowest BCUT2D eigenvalue weighted by Crippen LogP contribution is -2.26. The summed E-state index contributed by atoms with van der Waals surface area (Å²) >= 11 is 0. The van der Waals surface area contributed by atoms with Crippen LogP contribution in [0.25, 0.3) is 0 Å². The molecule has 6 unspecified atom stereocenters. The molecule has 0 amide bonds. The monoisotopic (exact) mass is 344 g/mol. The topological polar surface area (TPSA) is 13.1 Å². The molecule has 0 N–H and O–H groups in total. The summed E-state index contributed by atoms with van der Waals surface area (Å²) in [5.74, 6) is 8.63. The van der Waals surface area contributed by atoms with Crippen LogP contribution in [0.3, 0.4) is 0 Å². The maximum Gasteiger partial charge on any atom is 0.107 e. The van der Waals surface area contributed by atoms with Crippen molar-refractivity contribution in [2.45, 2.75) is 91.9 Å². The van der Waals surface area contributed by atoms with Gasteiger partial charge in [0.05, 0.1) is 0 Å². The van der Waals surface area contributed by atoms with E-state index in [4.69, 9.17) is 4.42 Å². The number of rotatable bonds is 4. The Hall–Kier alpha value is -0.720. The lowest BCUT2D eigenvalue weighted by atomic mass is 9.69. The Morgan fingerprint density at radius 2 is 1.12 bits per heavy atom. The smallest absolute Gasteiger partial charge is 0.107 e. The Morgan fingerprint density at radius 3 is 1.48 bits per heavy atom. The van der Waals surface area contributed by atoms with Crippen molar-refractivity contribution in [3.05, 3.63) is 23.7 Å². The van der Waals surface area contributed by atoms with Crippen LogP contribution in [0.2, 0.25) is 0 Å². The molecule has 142 valence electrons. The van der Waals surface area contributed by atoms with Crippen molar-refractivity contribution in [3.8, 4) is 0 Å². The first kappa shape index (κ1) is 19.1. The molecule has 3 rings (SSSR count). The second-order valence-corrected chi connectivity index (χ2v) is 10.1. The zero-order valence-corrected chi connectivity index (χ0v) is 17.4. The third-order valence-corrected chi connectivity index (χ3v) is 7.42. The minimum atomic E-state index is 0.635. The van der Waals surface area contributed by atoms with Gasteiger partial charge in [-0.15, -0.1) is 0 Å². The maximum atomic E-state index is 6.62. The first-order valence-corrected chi connectivity index (χ1v) is 11.0. The van der Waals surface area contributed by atoms with Gasteiger partial charge in [0.2, 0.25) is 0 Å². The summed E-state index contributed by atoms with van der Waals surface area (Å²) in [4.78, 5) is 0. The molecule has 2 aliphatic rings. The van der Waals surface area contributed by atoms with E-state index in [-0.39, 0.29) is 0 Å². The first-order chi connectivity index (χ1) is 11.9. The van der Waals surface area contributed by atoms with Gasteiger partial charge in [0, 0.05) is 11.8 Å². The SMILES string of the molecule is CC1CCC(C(C)C)C(c2ccc(C3CC(C)CCC3C(C)C)o2)C1. The molecule has 1 nitrogen and oxygen atoms in total. The normalized spacial score (nSPS) is 37.0. The van der Waals surface area contributed by atoms with Gasteiger partial charge in [-0.2, -0.15) is 0 Å². The highest BCUT2D eigenvalue weighted by molar-refractivity contribution is 5.18. The van der Waals surface area contributed by atoms with Crippen molar-refractivity contribution in [3.63, 3.8) is 0 Å². The van der Waals surface area contributed by atoms with Crippen LogP contribution in [0.4, 0.5) is 0 Å². The summed E-state index contributed by atoms with van der Waals surface area (Å²) < 4.78 is 6.62. The highest BCUT2D eigenvalue weighted by atomic mass is 16.3. The summed E-state index contributed by atoms with van der Waals surface area (Å²) in [6, 6.07) is 4.67. The summed E-state index contributed by atoms with van der Waals surface area (Å²) in [7, 11) is 0. The molecule has 6 atom stereocenters. The van der Waals surface area contributed by atoms with Gasteiger partial charge in [0.15, 0.2) is 0 Å². The average Bonchev–Trinajstić information content (AvgIpc) is 3.03. The van der Waals surface area contributed by atoms with Crippen molar-refractivity contribution in [1.29, 1.82) is 0 Å². The van der Waals surface area contributed by atoms with E-state index in [0.717, 1.165) is 35.5 Å². The second kappa shape index (κ2) is 7.89. The Kier molecular flexibility index (Phi) is 6.01. The molecule has 0 bridgehead atoms. The standard InChI is InChI=1S/C24H40O/c1-15(2)19-9-7-17(5)13-21(19)23-11-12-24(25-23)22-14-18(6)8-10-20(22)16(3)4/h11-12,15-22H,7-10,13-14H2,1-6H3. The number of hydrogen-bond donors (Lipinski definition) is 0. The molecular weight excluding hydrogens is 304 g/mol. The average molecular weight is 345 g/mol. The molecule has 0 saturated heterocycles. The van der Waals surface area contributed by atoms with Crippen molar-refractivity contribution in [2.75, 3.05) is 0 Å². The van der Waals surface area contributed by atoms with Gasteiger partial charge >= 0.3 is 0 Å². The van der Waals surface area contributed by atoms with Crippen LogP contribution in [0.15, 0.2) is 16.5 Å². The van der Waals surface area contributed by atoms with Crippen LogP contribution in [-0.2, 0) is 0 Å². The summed E-state index contributed by atoms with van der Waals surface area (Å²) in [5.41, 5.74) is 0. The van der Waals surface area contributed by atoms with E-state index in [9.17, 15) is 0 Å². The highest BCUT2D eigenvalue weighted by Gasteiger charge is 2.36. The van der Waals surface area contributed by atoms with Gasteiger partial charge in [0.1, 0.15) is 11.5 Å². The van der Waals surface area contributed by atoms with Crippen LogP contribution < -0.4 is 0 Å². The molecule has 2 saturated carbocycles. The minimum Gasteiger partial charge on any atom is -0.465 e. The predicted octanol–water partition coefficient (Wildman–Crippen LogP) is 7.63. The summed E-state index contributed by atoms with van der Waals surface area (Å²) in [6.45, 7) is 14.4. The fourth-order valence-corrected chi connectivity index (χ4v) is 5.83. The van der Waals surface area contributed by atoms with Crippen LogP contribution in [0, 0.1) is 35.5 Å². The van der Waals surface area contributed by atoms with E-state index in [2.05, 4.69) is 53.7 Å². The van der Waals surface area contributed by atoms with Gasteiger partial charge in [-0.05, 0) is 73.3 Å². The first-order valence-electron chi connectivity index (χ1n) is 11.0. The Balaban J connectivity index is 1.82. The largest absolute Gasteiger partial charge is 0.465 e. The van der Waals surface area contributed by atoms with Crippen molar-refractivity contribution in [1.82, 2.24) is 0 Å². The van der Waals surface area contributed by atoms with Gasteiger partial charge < -0.3 is 4.42 Å². The van der Waals surface area contributed by atoms with Crippen molar-refractivity contribution < 1.29 is 4.42 Å². The number of furan rings is 1. The third-order valence-electron chi connectivity index (χ3n) is 7.42. The van der Waals surface area contributed by atoms with E-state index in [1.165, 1.54) is 50.0 Å². The lowest BCUT2D eigenvalue weighted by molar-refractivity contribution is 0.158. The highest BCUT2D eigenvalue weighted by Crippen LogP contribution is 2.48. The molecule has 25 heavy (non-hydrogen) atoms. The maximum absolute atomic E-state index is 6.62. The fraction of sp³-hybridized carbons (Fsp3) is 0.833. The van der Waals surface area contributed by atoms with E-state index in [0.29, 0.717) is 11.8 Å². The number of hydrogen-bond acceptors (Lipinski definition) is 1. The molecule has 1 heterocycles. The van der Waals surface area contributed by atoms with E-state index >= 15 is 0 Å². The molecule has 0 aliphatic heterocycles. The van der Waals surface area contributed by atoms with Crippen molar-refractivity contribution >= 4 is 0 Å². The van der Waals surface area contributed by atoms with Crippen LogP contribution in [0.1, 0.15) is 103 Å². The Morgan fingerprint density at radius 1 is 0.720 bits per heavy atom. The minimum absolute atomic E-state index is 0.635. The zero-order chi connectivity index (χ0) is 18.1. The molecule has 2 aliphatic carbocycles. The Labute approximate surface area is 156 Å². The van der Waals surface area contributed by atoms with Crippen LogP contribution >= 0.6 is 0 Å². The zero-order valence-electron chi connectivity index (χ0n) is 17.4. The molecule has 0 aromatic carbocycles. The lowest BCUT2D eigenvalue weighted by Gasteiger charge is -2.37. The quantitative estimate of drug-likeness (QED) is 0.547. The van der Waals surface area contributed by atoms with Crippen LogP contribution in [0.5, 0.6) is 0 Å². The van der Waals surface area contributed by atoms with Gasteiger partial charge in [-0.1, -0.05) is 54.4 Å². The summed E-state index contributed by atoms with van der Waals surface area (Å²) in [6.07, 6.45) is 8.14. The van der Waals surface area contributed by atoms with E-state index in [1.807, 2.05) is 0 Å². The summed E-state index contributed by atoms with van der Waals surface area (Å²) in [5, 5.41) is 0. The molecule has 2 fully saturated rings. The molecule has 0 spiro atoms. The van der Waals surface area contributed by atoms with Gasteiger partial charge in [0.25, 0.3) is 0 Å². The van der Waals surface area contributed by atoms with Crippen LogP contribution in [-0.4, -0.2) is 0 Å². The molecule has 1 heteroatoms. The molecule has 0 radical (unpaired) electrons. The van der Waals surface area contributed by atoms with E-state index < -0.39 is 0 Å². The molecular formula is C24H40O. The van der Waals surface area contributed by atoms with Crippen molar-refractivity contribution in [2.24, 2.45) is 35.5 Å². The second-order valence-electron chi connectivity index (χ2n) is 10.1. The molecule has 1 aromatic rings. The predicted molar refractivity (Wildman–Crippen MR) is 107 cm³/mol. The van der Waals surface area contributed by atoms with Gasteiger partial charge in [-0.25, -0.2) is 0 Å². The van der Waals surface area contributed by atoms with Gasteiger partial charge in [-0.3, -0.25) is 0 Å². The molecule has 1 aromatic heterocycles. The van der Waals surface area contributed by atoms with E-state index in [1.54, 1.807) is 0 Å². The third kappa shape index (κ3) is 4.17. The Bertz CT molecular complexity index is 494. The fourth-order valence-electron chi connectivity index (χ4n) is 5.83.